The summed E-state index contributed by atoms with van der Waals surface area (Å²) in [5.41, 5.74) is -0.602. The molecule has 6 nitrogen and oxygen atoms in total. The van der Waals surface area contributed by atoms with Crippen LogP contribution in [0.3, 0.4) is 0 Å². The number of rotatable bonds is 4. The monoisotopic (exact) mass is 264 g/mol. The number of carboxylic acid groups (broad SMARTS) is 1. The second-order valence-corrected chi connectivity index (χ2v) is 4.65. The molecule has 0 saturated heterocycles. The number of anilines is 1. The zero-order valence-corrected chi connectivity index (χ0v) is 11.0. The SMILES string of the molecule is CC(=O)Nc1cccc(C(=O)NC(C)(C)C(=O)O)c1. The lowest BCUT2D eigenvalue weighted by molar-refractivity contribution is -0.143. The van der Waals surface area contributed by atoms with Gasteiger partial charge in [0.15, 0.2) is 0 Å². The maximum Gasteiger partial charge on any atom is 0.328 e. The smallest absolute Gasteiger partial charge is 0.328 e. The van der Waals surface area contributed by atoms with Crippen LogP contribution < -0.4 is 10.6 Å². The van der Waals surface area contributed by atoms with Crippen LogP contribution in [0.1, 0.15) is 31.1 Å². The van der Waals surface area contributed by atoms with Crippen LogP contribution >= 0.6 is 0 Å². The van der Waals surface area contributed by atoms with Crippen LogP contribution in [0.4, 0.5) is 5.69 Å². The van der Waals surface area contributed by atoms with Crippen molar-refractivity contribution in [3.05, 3.63) is 29.8 Å². The maximum absolute atomic E-state index is 11.9. The Bertz CT molecular complexity index is 523. The predicted octanol–water partition coefficient (Wildman–Crippen LogP) is 1.24. The first-order valence-corrected chi connectivity index (χ1v) is 5.66. The largest absolute Gasteiger partial charge is 0.480 e. The molecule has 0 saturated carbocycles. The lowest BCUT2D eigenvalue weighted by Gasteiger charge is -2.21. The van der Waals surface area contributed by atoms with E-state index in [1.807, 2.05) is 0 Å². The number of amides is 2. The fourth-order valence-electron chi connectivity index (χ4n) is 1.35. The van der Waals surface area contributed by atoms with Gasteiger partial charge >= 0.3 is 5.97 Å². The molecule has 102 valence electrons. The third-order valence-corrected chi connectivity index (χ3v) is 2.41. The molecule has 1 rings (SSSR count). The highest BCUT2D eigenvalue weighted by atomic mass is 16.4. The molecule has 0 fully saturated rings. The van der Waals surface area contributed by atoms with Gasteiger partial charge in [0, 0.05) is 18.2 Å². The Morgan fingerprint density at radius 3 is 2.37 bits per heavy atom. The highest BCUT2D eigenvalue weighted by molar-refractivity contribution is 5.99. The summed E-state index contributed by atoms with van der Waals surface area (Å²) >= 11 is 0. The van der Waals surface area contributed by atoms with E-state index in [1.165, 1.54) is 26.8 Å². The summed E-state index contributed by atoms with van der Waals surface area (Å²) in [6.07, 6.45) is 0. The van der Waals surface area contributed by atoms with Crippen molar-refractivity contribution in [2.75, 3.05) is 5.32 Å². The molecule has 2 amide bonds. The summed E-state index contributed by atoms with van der Waals surface area (Å²) in [7, 11) is 0. The zero-order chi connectivity index (χ0) is 14.6. The van der Waals surface area contributed by atoms with Crippen molar-refractivity contribution in [1.82, 2.24) is 5.32 Å². The minimum atomic E-state index is -1.36. The van der Waals surface area contributed by atoms with Gasteiger partial charge in [-0.3, -0.25) is 9.59 Å². The molecule has 0 atom stereocenters. The molecular formula is C13H16N2O4. The predicted molar refractivity (Wildman–Crippen MR) is 69.9 cm³/mol. The van der Waals surface area contributed by atoms with Crippen LogP contribution in [-0.2, 0) is 9.59 Å². The molecule has 1 aromatic rings. The molecule has 19 heavy (non-hydrogen) atoms. The van der Waals surface area contributed by atoms with Gasteiger partial charge in [-0.15, -0.1) is 0 Å². The minimum Gasteiger partial charge on any atom is -0.480 e. The third-order valence-electron chi connectivity index (χ3n) is 2.41. The average molecular weight is 264 g/mol. The quantitative estimate of drug-likeness (QED) is 0.762. The number of hydrogen-bond acceptors (Lipinski definition) is 3. The van der Waals surface area contributed by atoms with Gasteiger partial charge in [0.25, 0.3) is 5.91 Å². The fourth-order valence-corrected chi connectivity index (χ4v) is 1.35. The fraction of sp³-hybridized carbons (Fsp3) is 0.308. The minimum absolute atomic E-state index is 0.247. The van der Waals surface area contributed by atoms with E-state index in [0.717, 1.165) is 0 Å². The van der Waals surface area contributed by atoms with Crippen molar-refractivity contribution in [1.29, 1.82) is 0 Å². The molecule has 0 radical (unpaired) electrons. The third kappa shape index (κ3) is 4.09. The summed E-state index contributed by atoms with van der Waals surface area (Å²) < 4.78 is 0. The molecular weight excluding hydrogens is 248 g/mol. The van der Waals surface area contributed by atoms with Crippen molar-refractivity contribution in [3.8, 4) is 0 Å². The first-order valence-electron chi connectivity index (χ1n) is 5.66. The van der Waals surface area contributed by atoms with Crippen molar-refractivity contribution in [2.45, 2.75) is 26.3 Å². The number of benzene rings is 1. The Balaban J connectivity index is 2.89. The number of carboxylic acids is 1. The van der Waals surface area contributed by atoms with Crippen LogP contribution in [0.5, 0.6) is 0 Å². The topological polar surface area (TPSA) is 95.5 Å². The Morgan fingerprint density at radius 2 is 1.84 bits per heavy atom. The molecule has 0 unspecified atom stereocenters. The van der Waals surface area contributed by atoms with Crippen LogP contribution in [0.15, 0.2) is 24.3 Å². The Morgan fingerprint density at radius 1 is 1.21 bits per heavy atom. The standard InChI is InChI=1S/C13H16N2O4/c1-8(16)14-10-6-4-5-9(7-10)11(17)15-13(2,3)12(18)19/h4-7H,1-3H3,(H,14,16)(H,15,17)(H,18,19). The number of nitrogens with one attached hydrogen (secondary N) is 2. The second-order valence-electron chi connectivity index (χ2n) is 4.65. The van der Waals surface area contributed by atoms with Gasteiger partial charge < -0.3 is 15.7 Å². The highest BCUT2D eigenvalue weighted by Crippen LogP contribution is 2.12. The van der Waals surface area contributed by atoms with E-state index in [2.05, 4.69) is 10.6 Å². The average Bonchev–Trinajstić information content (AvgIpc) is 2.27. The van der Waals surface area contributed by atoms with Gasteiger partial charge in [0.2, 0.25) is 5.91 Å². The number of aliphatic carboxylic acids is 1. The Kier molecular flexibility index (Phi) is 4.26. The van der Waals surface area contributed by atoms with E-state index in [1.54, 1.807) is 18.2 Å². The molecule has 1 aromatic carbocycles. The Labute approximate surface area is 110 Å². The first kappa shape index (κ1) is 14.7. The van der Waals surface area contributed by atoms with Gasteiger partial charge in [-0.1, -0.05) is 6.07 Å². The molecule has 0 aromatic heterocycles. The van der Waals surface area contributed by atoms with Crippen molar-refractivity contribution >= 4 is 23.5 Å². The summed E-state index contributed by atoms with van der Waals surface area (Å²) in [6.45, 7) is 4.15. The lowest BCUT2D eigenvalue weighted by atomic mass is 10.1. The van der Waals surface area contributed by atoms with Crippen molar-refractivity contribution in [2.24, 2.45) is 0 Å². The molecule has 0 aliphatic heterocycles. The molecule has 3 N–H and O–H groups in total. The summed E-state index contributed by atoms with van der Waals surface area (Å²) in [4.78, 5) is 33.8. The second kappa shape index (κ2) is 5.51. The van der Waals surface area contributed by atoms with E-state index < -0.39 is 17.4 Å². The van der Waals surface area contributed by atoms with Gasteiger partial charge in [0.05, 0.1) is 0 Å². The Hall–Kier alpha value is -2.37. The van der Waals surface area contributed by atoms with Crippen molar-refractivity contribution < 1.29 is 19.5 Å². The number of carbonyl (C=O) groups is 3. The van der Waals surface area contributed by atoms with E-state index >= 15 is 0 Å². The summed E-state index contributed by atoms with van der Waals surface area (Å²) in [5, 5.41) is 13.9. The molecule has 0 spiro atoms. The van der Waals surface area contributed by atoms with Gasteiger partial charge in [-0.05, 0) is 32.0 Å². The molecule has 0 heterocycles. The van der Waals surface area contributed by atoms with Gasteiger partial charge in [-0.2, -0.15) is 0 Å². The normalized spacial score (nSPS) is 10.7. The molecule has 0 aliphatic carbocycles. The van der Waals surface area contributed by atoms with Crippen LogP contribution in [0.2, 0.25) is 0 Å². The van der Waals surface area contributed by atoms with E-state index in [4.69, 9.17) is 5.11 Å². The summed E-state index contributed by atoms with van der Waals surface area (Å²) in [5.74, 6) is -1.89. The molecule has 6 heteroatoms. The summed E-state index contributed by atoms with van der Waals surface area (Å²) in [6, 6.07) is 6.27. The number of hydrogen-bond donors (Lipinski definition) is 3. The lowest BCUT2D eigenvalue weighted by Crippen LogP contribution is -2.49. The first-order chi connectivity index (χ1) is 8.72. The van der Waals surface area contributed by atoms with Crippen LogP contribution in [0, 0.1) is 0 Å². The van der Waals surface area contributed by atoms with E-state index in [-0.39, 0.29) is 11.5 Å². The maximum atomic E-state index is 11.9. The zero-order valence-electron chi connectivity index (χ0n) is 11.0. The van der Waals surface area contributed by atoms with Crippen LogP contribution in [-0.4, -0.2) is 28.4 Å². The molecule has 0 bridgehead atoms. The van der Waals surface area contributed by atoms with Gasteiger partial charge in [0.1, 0.15) is 5.54 Å². The van der Waals surface area contributed by atoms with Gasteiger partial charge in [-0.25, -0.2) is 4.79 Å². The van der Waals surface area contributed by atoms with Crippen molar-refractivity contribution in [3.63, 3.8) is 0 Å². The van der Waals surface area contributed by atoms with E-state index in [0.29, 0.717) is 5.69 Å². The number of carbonyl (C=O) groups excluding carboxylic acids is 2. The highest BCUT2D eigenvalue weighted by Gasteiger charge is 2.29. The van der Waals surface area contributed by atoms with Crippen LogP contribution in [0.25, 0.3) is 0 Å². The molecule has 0 aliphatic rings. The van der Waals surface area contributed by atoms with E-state index in [9.17, 15) is 14.4 Å².